The molecule has 2 atom stereocenters. The monoisotopic (exact) mass is 437 g/mol. The number of amides is 1. The third-order valence-electron chi connectivity index (χ3n) is 6.38. The predicted octanol–water partition coefficient (Wildman–Crippen LogP) is 5.94. The van der Waals surface area contributed by atoms with Crippen LogP contribution in [0.1, 0.15) is 76.1 Å². The summed E-state index contributed by atoms with van der Waals surface area (Å²) in [6.07, 6.45) is 4.84. The SMILES string of the molecule is CCCOc1ccc2c(c1)N(C(C)C)C(c1ccc(NC(=O)OC3CCCC3)cc1)C2N. The second-order valence-electron chi connectivity index (χ2n) is 9.10. The zero-order valence-corrected chi connectivity index (χ0v) is 19.3. The van der Waals surface area contributed by atoms with Gasteiger partial charge < -0.3 is 20.1 Å². The summed E-state index contributed by atoms with van der Waals surface area (Å²) in [6.45, 7) is 7.17. The van der Waals surface area contributed by atoms with Crippen LogP contribution in [0.4, 0.5) is 16.2 Å². The first-order valence-corrected chi connectivity index (χ1v) is 11.9. The number of nitrogens with one attached hydrogen (secondary N) is 1. The lowest BCUT2D eigenvalue weighted by molar-refractivity contribution is 0.114. The topological polar surface area (TPSA) is 76.8 Å². The molecule has 0 aromatic heterocycles. The Kier molecular flexibility index (Phi) is 6.89. The number of hydrogen-bond acceptors (Lipinski definition) is 5. The normalized spacial score (nSPS) is 20.5. The number of nitrogens with zero attached hydrogens (tertiary/aromatic N) is 1. The largest absolute Gasteiger partial charge is 0.494 e. The molecule has 1 fully saturated rings. The molecule has 2 aliphatic rings. The summed E-state index contributed by atoms with van der Waals surface area (Å²) >= 11 is 0. The fraction of sp³-hybridized carbons (Fsp3) is 0.500. The molecule has 1 saturated carbocycles. The molecule has 6 nitrogen and oxygen atoms in total. The standard InChI is InChI=1S/C26H35N3O3/c1-4-15-31-21-13-14-22-23(16-21)29(17(2)3)25(24(22)27)18-9-11-19(12-10-18)28-26(30)32-20-7-5-6-8-20/h9-14,16-17,20,24-25H,4-8,15,27H2,1-3H3,(H,28,30). The van der Waals surface area contributed by atoms with Crippen molar-refractivity contribution in [1.82, 2.24) is 0 Å². The van der Waals surface area contributed by atoms with E-state index in [9.17, 15) is 4.79 Å². The van der Waals surface area contributed by atoms with E-state index in [-0.39, 0.29) is 30.3 Å². The molecule has 3 N–H and O–H groups in total. The lowest BCUT2D eigenvalue weighted by Crippen LogP contribution is -2.35. The summed E-state index contributed by atoms with van der Waals surface area (Å²) in [6, 6.07) is 14.3. The number of benzene rings is 2. The highest BCUT2D eigenvalue weighted by Crippen LogP contribution is 2.48. The summed E-state index contributed by atoms with van der Waals surface area (Å²) < 4.78 is 11.4. The zero-order chi connectivity index (χ0) is 22.7. The van der Waals surface area contributed by atoms with E-state index >= 15 is 0 Å². The van der Waals surface area contributed by atoms with Crippen LogP contribution in [0.25, 0.3) is 0 Å². The Morgan fingerprint density at radius 3 is 2.53 bits per heavy atom. The molecule has 6 heteroatoms. The summed E-state index contributed by atoms with van der Waals surface area (Å²) in [5, 5.41) is 2.85. The first kappa shape index (κ1) is 22.5. The summed E-state index contributed by atoms with van der Waals surface area (Å²) in [5.41, 5.74) is 10.9. The quantitative estimate of drug-likeness (QED) is 0.561. The van der Waals surface area contributed by atoms with E-state index in [4.69, 9.17) is 15.2 Å². The minimum Gasteiger partial charge on any atom is -0.494 e. The average Bonchev–Trinajstić information content (AvgIpc) is 3.38. The van der Waals surface area contributed by atoms with Crippen LogP contribution in [0.3, 0.4) is 0 Å². The van der Waals surface area contributed by atoms with Crippen LogP contribution in [-0.4, -0.2) is 24.8 Å². The van der Waals surface area contributed by atoms with Crippen molar-refractivity contribution in [3.05, 3.63) is 53.6 Å². The molecule has 2 aromatic rings. The van der Waals surface area contributed by atoms with Crippen molar-refractivity contribution in [2.45, 2.75) is 77.1 Å². The number of anilines is 2. The Balaban J connectivity index is 1.50. The van der Waals surface area contributed by atoms with Gasteiger partial charge in [-0.25, -0.2) is 4.79 Å². The van der Waals surface area contributed by atoms with Crippen LogP contribution in [0.5, 0.6) is 5.75 Å². The van der Waals surface area contributed by atoms with Gasteiger partial charge in [0.15, 0.2) is 0 Å². The van der Waals surface area contributed by atoms with E-state index in [1.54, 1.807) is 0 Å². The van der Waals surface area contributed by atoms with Crippen molar-refractivity contribution in [3.63, 3.8) is 0 Å². The minimum atomic E-state index is -0.377. The summed E-state index contributed by atoms with van der Waals surface area (Å²) in [5.74, 6) is 0.879. The fourth-order valence-electron chi connectivity index (χ4n) is 4.87. The van der Waals surface area contributed by atoms with Crippen LogP contribution in [0.15, 0.2) is 42.5 Å². The minimum absolute atomic E-state index is 0.0194. The van der Waals surface area contributed by atoms with Crippen molar-refractivity contribution in [2.24, 2.45) is 5.73 Å². The highest BCUT2D eigenvalue weighted by Gasteiger charge is 2.38. The van der Waals surface area contributed by atoms with Crippen molar-refractivity contribution < 1.29 is 14.3 Å². The third kappa shape index (κ3) is 4.70. The molecule has 0 bridgehead atoms. The molecule has 4 rings (SSSR count). The van der Waals surface area contributed by atoms with Gasteiger partial charge in [-0.2, -0.15) is 0 Å². The van der Waals surface area contributed by atoms with Crippen LogP contribution in [-0.2, 0) is 4.74 Å². The van der Waals surface area contributed by atoms with Crippen LogP contribution >= 0.6 is 0 Å². The van der Waals surface area contributed by atoms with Crippen molar-refractivity contribution in [2.75, 3.05) is 16.8 Å². The molecule has 2 unspecified atom stereocenters. The maximum Gasteiger partial charge on any atom is 0.411 e. The molecule has 1 amide bonds. The van der Waals surface area contributed by atoms with E-state index in [1.165, 1.54) is 0 Å². The Bertz CT molecular complexity index is 922. The molecule has 172 valence electrons. The average molecular weight is 438 g/mol. The zero-order valence-electron chi connectivity index (χ0n) is 19.3. The third-order valence-corrected chi connectivity index (χ3v) is 6.38. The van der Waals surface area contributed by atoms with Gasteiger partial charge in [0, 0.05) is 23.5 Å². The molecule has 0 radical (unpaired) electrons. The van der Waals surface area contributed by atoms with E-state index < -0.39 is 0 Å². The molecular weight excluding hydrogens is 402 g/mol. The molecule has 2 aromatic carbocycles. The number of nitrogens with two attached hydrogens (primary N) is 1. The Labute approximate surface area is 191 Å². The number of carbonyl (C=O) groups excluding carboxylic acids is 1. The number of carbonyl (C=O) groups is 1. The second kappa shape index (κ2) is 9.82. The summed E-state index contributed by atoms with van der Waals surface area (Å²) in [4.78, 5) is 14.6. The smallest absolute Gasteiger partial charge is 0.411 e. The maximum atomic E-state index is 12.2. The Morgan fingerprint density at radius 1 is 1.16 bits per heavy atom. The first-order valence-electron chi connectivity index (χ1n) is 11.9. The van der Waals surface area contributed by atoms with Crippen molar-refractivity contribution in [3.8, 4) is 5.75 Å². The Morgan fingerprint density at radius 2 is 1.88 bits per heavy atom. The highest BCUT2D eigenvalue weighted by molar-refractivity contribution is 5.84. The second-order valence-corrected chi connectivity index (χ2v) is 9.10. The summed E-state index contributed by atoms with van der Waals surface area (Å²) in [7, 11) is 0. The first-order chi connectivity index (χ1) is 15.5. The molecular formula is C26H35N3O3. The highest BCUT2D eigenvalue weighted by atomic mass is 16.6. The lowest BCUT2D eigenvalue weighted by atomic mass is 9.97. The fourth-order valence-corrected chi connectivity index (χ4v) is 4.87. The van der Waals surface area contributed by atoms with Gasteiger partial charge in [0.2, 0.25) is 0 Å². The van der Waals surface area contributed by atoms with Crippen LogP contribution in [0, 0.1) is 0 Å². The predicted molar refractivity (Wildman–Crippen MR) is 128 cm³/mol. The van der Waals surface area contributed by atoms with E-state index in [2.05, 4.69) is 43.1 Å². The van der Waals surface area contributed by atoms with Crippen molar-refractivity contribution >= 4 is 17.5 Å². The van der Waals surface area contributed by atoms with E-state index in [0.717, 1.165) is 60.4 Å². The van der Waals surface area contributed by atoms with Gasteiger partial charge in [0.1, 0.15) is 11.9 Å². The number of fused-ring (bicyclic) bond motifs is 1. The van der Waals surface area contributed by atoms with Crippen molar-refractivity contribution in [1.29, 1.82) is 0 Å². The maximum absolute atomic E-state index is 12.2. The van der Waals surface area contributed by atoms with Gasteiger partial charge in [-0.05, 0) is 75.3 Å². The molecule has 1 heterocycles. The molecule has 0 spiro atoms. The van der Waals surface area contributed by atoms with Gasteiger partial charge in [-0.15, -0.1) is 0 Å². The van der Waals surface area contributed by atoms with Gasteiger partial charge in [0.25, 0.3) is 0 Å². The van der Waals surface area contributed by atoms with Crippen LogP contribution < -0.4 is 20.7 Å². The van der Waals surface area contributed by atoms with Gasteiger partial charge >= 0.3 is 6.09 Å². The molecule has 1 aliphatic carbocycles. The molecule has 32 heavy (non-hydrogen) atoms. The number of ether oxygens (including phenoxy) is 2. The van der Waals surface area contributed by atoms with Gasteiger partial charge in [-0.1, -0.05) is 25.1 Å². The van der Waals surface area contributed by atoms with Gasteiger partial charge in [0.05, 0.1) is 18.7 Å². The lowest BCUT2D eigenvalue weighted by Gasteiger charge is -2.33. The van der Waals surface area contributed by atoms with E-state index in [1.807, 2.05) is 30.3 Å². The number of hydrogen-bond donors (Lipinski definition) is 2. The number of rotatable bonds is 7. The molecule has 0 saturated heterocycles. The van der Waals surface area contributed by atoms with Crippen LogP contribution in [0.2, 0.25) is 0 Å². The Hall–Kier alpha value is -2.73. The molecule has 1 aliphatic heterocycles. The van der Waals surface area contributed by atoms with E-state index in [0.29, 0.717) is 6.61 Å². The van der Waals surface area contributed by atoms with Gasteiger partial charge in [-0.3, -0.25) is 5.32 Å².